The van der Waals surface area contributed by atoms with Gasteiger partial charge >= 0.3 is 0 Å². The number of rotatable bonds is 2. The minimum absolute atomic E-state index is 0.693. The van der Waals surface area contributed by atoms with Crippen LogP contribution in [0.15, 0.2) is 24.5 Å². The van der Waals surface area contributed by atoms with Gasteiger partial charge in [-0.05, 0) is 47.2 Å². The zero-order valence-electron chi connectivity index (χ0n) is 8.31. The molecular formula is C10H11IN4. The van der Waals surface area contributed by atoms with Gasteiger partial charge < -0.3 is 5.73 Å². The van der Waals surface area contributed by atoms with Gasteiger partial charge in [-0.15, -0.1) is 0 Å². The number of anilines is 1. The Kier molecular flexibility index (Phi) is 2.90. The van der Waals surface area contributed by atoms with Crippen LogP contribution < -0.4 is 5.73 Å². The molecule has 0 fully saturated rings. The third-order valence-corrected chi connectivity index (χ3v) is 3.51. The van der Waals surface area contributed by atoms with E-state index < -0.39 is 0 Å². The summed E-state index contributed by atoms with van der Waals surface area (Å²) in [6.07, 6.45) is 3.54. The highest BCUT2D eigenvalue weighted by molar-refractivity contribution is 14.1. The second kappa shape index (κ2) is 4.18. The Morgan fingerprint density at radius 3 is 2.60 bits per heavy atom. The number of aryl methyl sites for hydroxylation is 1. The number of aromatic nitrogens is 3. The Hall–Kier alpha value is -1.11. The third-order valence-electron chi connectivity index (χ3n) is 2.17. The number of halogens is 1. The first kappa shape index (κ1) is 10.4. The highest BCUT2D eigenvalue weighted by Gasteiger charge is 2.09. The van der Waals surface area contributed by atoms with E-state index in [9.17, 15) is 0 Å². The number of nitrogens with two attached hydrogens (primary N) is 1. The molecule has 0 saturated carbocycles. The standard InChI is InChI=1S/C10H11IN4/c1-7-9(11)10(12)15(14-7)6-8-2-4-13-5-3-8/h2-5H,6,12H2,1H3. The molecule has 2 rings (SSSR count). The molecule has 0 aliphatic heterocycles. The van der Waals surface area contributed by atoms with Crippen LogP contribution in [-0.2, 0) is 6.54 Å². The van der Waals surface area contributed by atoms with Crippen molar-refractivity contribution in [2.45, 2.75) is 13.5 Å². The van der Waals surface area contributed by atoms with E-state index in [-0.39, 0.29) is 0 Å². The second-order valence-electron chi connectivity index (χ2n) is 3.30. The van der Waals surface area contributed by atoms with Crippen molar-refractivity contribution >= 4 is 28.4 Å². The maximum atomic E-state index is 5.93. The number of hydrogen-bond donors (Lipinski definition) is 1. The van der Waals surface area contributed by atoms with Crippen molar-refractivity contribution in [3.05, 3.63) is 39.4 Å². The number of hydrogen-bond acceptors (Lipinski definition) is 3. The minimum Gasteiger partial charge on any atom is -0.383 e. The van der Waals surface area contributed by atoms with Gasteiger partial charge in [0.15, 0.2) is 0 Å². The Morgan fingerprint density at radius 2 is 2.07 bits per heavy atom. The predicted octanol–water partition coefficient (Wildman–Crippen LogP) is 1.82. The summed E-state index contributed by atoms with van der Waals surface area (Å²) in [4.78, 5) is 3.97. The largest absolute Gasteiger partial charge is 0.383 e. The summed E-state index contributed by atoms with van der Waals surface area (Å²) in [6, 6.07) is 3.92. The summed E-state index contributed by atoms with van der Waals surface area (Å²) < 4.78 is 2.84. The van der Waals surface area contributed by atoms with Crippen molar-refractivity contribution in [1.82, 2.24) is 14.8 Å². The Bertz CT molecular complexity index is 464. The van der Waals surface area contributed by atoms with E-state index in [0.717, 1.165) is 20.6 Å². The van der Waals surface area contributed by atoms with Crippen molar-refractivity contribution in [3.63, 3.8) is 0 Å². The summed E-state index contributed by atoms with van der Waals surface area (Å²) in [6.45, 7) is 2.65. The summed E-state index contributed by atoms with van der Waals surface area (Å²) in [5, 5.41) is 4.37. The fourth-order valence-electron chi connectivity index (χ4n) is 1.36. The molecule has 5 heteroatoms. The van der Waals surface area contributed by atoms with Crippen LogP contribution in [0.3, 0.4) is 0 Å². The Labute approximate surface area is 102 Å². The van der Waals surface area contributed by atoms with E-state index in [1.54, 1.807) is 12.4 Å². The zero-order chi connectivity index (χ0) is 10.8. The maximum Gasteiger partial charge on any atom is 0.135 e. The van der Waals surface area contributed by atoms with Gasteiger partial charge in [-0.3, -0.25) is 4.98 Å². The molecule has 0 spiro atoms. The van der Waals surface area contributed by atoms with Gasteiger partial charge in [-0.25, -0.2) is 4.68 Å². The molecule has 0 unspecified atom stereocenters. The van der Waals surface area contributed by atoms with Crippen LogP contribution >= 0.6 is 22.6 Å². The first-order valence-electron chi connectivity index (χ1n) is 4.56. The van der Waals surface area contributed by atoms with Gasteiger partial charge in [-0.2, -0.15) is 5.10 Å². The van der Waals surface area contributed by atoms with E-state index in [4.69, 9.17) is 5.73 Å². The van der Waals surface area contributed by atoms with Gasteiger partial charge in [0.25, 0.3) is 0 Å². The predicted molar refractivity (Wildman–Crippen MR) is 67.4 cm³/mol. The van der Waals surface area contributed by atoms with E-state index in [1.807, 2.05) is 23.7 Å². The summed E-state index contributed by atoms with van der Waals surface area (Å²) >= 11 is 2.21. The van der Waals surface area contributed by atoms with Crippen LogP contribution in [0.4, 0.5) is 5.82 Å². The molecule has 0 aliphatic rings. The smallest absolute Gasteiger partial charge is 0.135 e. The van der Waals surface area contributed by atoms with Gasteiger partial charge in [-0.1, -0.05) is 0 Å². The second-order valence-corrected chi connectivity index (χ2v) is 4.38. The van der Waals surface area contributed by atoms with E-state index in [1.165, 1.54) is 0 Å². The SMILES string of the molecule is Cc1nn(Cc2ccncc2)c(N)c1I. The third kappa shape index (κ3) is 2.11. The molecule has 0 aliphatic carbocycles. The highest BCUT2D eigenvalue weighted by Crippen LogP contribution is 2.19. The molecule has 2 heterocycles. The normalized spacial score (nSPS) is 10.5. The molecule has 15 heavy (non-hydrogen) atoms. The lowest BCUT2D eigenvalue weighted by Crippen LogP contribution is -2.06. The van der Waals surface area contributed by atoms with Crippen molar-refractivity contribution in [1.29, 1.82) is 0 Å². The molecule has 0 aromatic carbocycles. The molecule has 0 radical (unpaired) electrons. The average Bonchev–Trinajstić information content (AvgIpc) is 2.48. The summed E-state index contributed by atoms with van der Waals surface area (Å²) in [5.41, 5.74) is 8.05. The number of nitrogens with zero attached hydrogens (tertiary/aromatic N) is 3. The van der Waals surface area contributed by atoms with Crippen molar-refractivity contribution in [3.8, 4) is 0 Å². The molecule has 0 atom stereocenters. The van der Waals surface area contributed by atoms with Gasteiger partial charge in [0.2, 0.25) is 0 Å². The van der Waals surface area contributed by atoms with Gasteiger partial charge in [0.05, 0.1) is 15.8 Å². The highest BCUT2D eigenvalue weighted by atomic mass is 127. The zero-order valence-corrected chi connectivity index (χ0v) is 10.5. The minimum atomic E-state index is 0.693. The van der Waals surface area contributed by atoms with Crippen LogP contribution in [0, 0.1) is 10.5 Å². The van der Waals surface area contributed by atoms with Crippen LogP contribution in [0.25, 0.3) is 0 Å². The number of pyridine rings is 1. The Morgan fingerprint density at radius 1 is 1.40 bits per heavy atom. The lowest BCUT2D eigenvalue weighted by Gasteiger charge is -2.03. The molecule has 2 aromatic rings. The topological polar surface area (TPSA) is 56.7 Å². The lowest BCUT2D eigenvalue weighted by molar-refractivity contribution is 0.688. The fourth-order valence-corrected chi connectivity index (χ4v) is 1.75. The van der Waals surface area contributed by atoms with E-state index in [2.05, 4.69) is 32.7 Å². The van der Waals surface area contributed by atoms with Crippen molar-refractivity contribution in [2.75, 3.05) is 5.73 Å². The van der Waals surface area contributed by atoms with Crippen LogP contribution in [0.5, 0.6) is 0 Å². The summed E-state index contributed by atoms with van der Waals surface area (Å²) in [7, 11) is 0. The molecule has 0 amide bonds. The van der Waals surface area contributed by atoms with E-state index in [0.29, 0.717) is 6.54 Å². The van der Waals surface area contributed by atoms with Crippen LogP contribution in [-0.4, -0.2) is 14.8 Å². The maximum absolute atomic E-state index is 5.93. The van der Waals surface area contributed by atoms with Gasteiger partial charge in [0, 0.05) is 12.4 Å². The average molecular weight is 314 g/mol. The summed E-state index contributed by atoms with van der Waals surface area (Å²) in [5.74, 6) is 0.727. The van der Waals surface area contributed by atoms with Crippen molar-refractivity contribution < 1.29 is 0 Å². The Balaban J connectivity index is 2.29. The van der Waals surface area contributed by atoms with Crippen LogP contribution in [0.1, 0.15) is 11.3 Å². The van der Waals surface area contributed by atoms with E-state index >= 15 is 0 Å². The first-order chi connectivity index (χ1) is 7.18. The molecule has 2 N–H and O–H groups in total. The molecule has 78 valence electrons. The lowest BCUT2D eigenvalue weighted by atomic mass is 10.3. The monoisotopic (exact) mass is 314 g/mol. The number of nitrogen functional groups attached to an aromatic ring is 1. The molecule has 2 aromatic heterocycles. The van der Waals surface area contributed by atoms with Crippen LogP contribution in [0.2, 0.25) is 0 Å². The molecule has 0 bridgehead atoms. The van der Waals surface area contributed by atoms with Crippen molar-refractivity contribution in [2.24, 2.45) is 0 Å². The fraction of sp³-hybridized carbons (Fsp3) is 0.200. The quantitative estimate of drug-likeness (QED) is 0.860. The molecule has 4 nitrogen and oxygen atoms in total. The van der Waals surface area contributed by atoms with Gasteiger partial charge in [0.1, 0.15) is 5.82 Å². The first-order valence-corrected chi connectivity index (χ1v) is 5.63. The molecule has 0 saturated heterocycles. The molecular weight excluding hydrogens is 303 g/mol.